The molecule has 0 radical (unpaired) electrons. The average Bonchev–Trinajstić information content (AvgIpc) is 2.93. The quantitative estimate of drug-likeness (QED) is 0.922. The molecule has 0 bridgehead atoms. The van der Waals surface area contributed by atoms with Crippen LogP contribution in [0.3, 0.4) is 0 Å². The molecule has 1 aliphatic rings. The maximum Gasteiger partial charge on any atom is 0.308 e. The Kier molecular flexibility index (Phi) is 2.99. The molecule has 4 nitrogen and oxygen atoms in total. The van der Waals surface area contributed by atoms with E-state index in [2.05, 4.69) is 27.0 Å². The molecule has 0 aromatic carbocycles. The number of aromatic nitrogens is 2. The van der Waals surface area contributed by atoms with E-state index in [0.29, 0.717) is 13.0 Å². The normalized spacial score (nSPS) is 18.6. The van der Waals surface area contributed by atoms with Gasteiger partial charge < -0.3 is 9.67 Å². The van der Waals surface area contributed by atoms with Gasteiger partial charge >= 0.3 is 5.97 Å². The number of hydrogen-bond acceptors (Lipinski definition) is 3. The van der Waals surface area contributed by atoms with Crippen LogP contribution in [0.5, 0.6) is 0 Å². The molecular weight excluding hydrogens is 316 g/mol. The second-order valence-electron chi connectivity index (χ2n) is 4.40. The van der Waals surface area contributed by atoms with Crippen LogP contribution < -0.4 is 0 Å². The number of carbonyl (C=O) groups is 1. The highest BCUT2D eigenvalue weighted by atomic mass is 79.9. The molecule has 0 spiro atoms. The van der Waals surface area contributed by atoms with Crippen LogP contribution in [0.15, 0.2) is 22.2 Å². The first-order chi connectivity index (χ1) is 8.65. The number of fused-ring (bicyclic) bond motifs is 1. The van der Waals surface area contributed by atoms with Gasteiger partial charge in [-0.1, -0.05) is 0 Å². The lowest BCUT2D eigenvalue weighted by molar-refractivity contribution is -0.142. The highest BCUT2D eigenvalue weighted by Crippen LogP contribution is 2.34. The fraction of sp³-hybridized carbons (Fsp3) is 0.333. The van der Waals surface area contributed by atoms with Gasteiger partial charge in [0.05, 0.1) is 17.1 Å². The van der Waals surface area contributed by atoms with Gasteiger partial charge in [-0.2, -0.15) is 0 Å². The first kappa shape index (κ1) is 11.9. The van der Waals surface area contributed by atoms with E-state index in [4.69, 9.17) is 5.11 Å². The van der Waals surface area contributed by atoms with Crippen LogP contribution in [0.4, 0.5) is 0 Å². The van der Waals surface area contributed by atoms with Gasteiger partial charge in [-0.25, -0.2) is 4.98 Å². The molecule has 0 aliphatic carbocycles. The van der Waals surface area contributed by atoms with Crippen molar-refractivity contribution in [3.05, 3.63) is 27.9 Å². The highest BCUT2D eigenvalue weighted by molar-refractivity contribution is 9.10. The Morgan fingerprint density at radius 2 is 2.44 bits per heavy atom. The van der Waals surface area contributed by atoms with Gasteiger partial charge in [-0.15, -0.1) is 11.3 Å². The number of hydrogen-bond donors (Lipinski definition) is 1. The van der Waals surface area contributed by atoms with E-state index >= 15 is 0 Å². The first-order valence-electron chi connectivity index (χ1n) is 5.66. The molecule has 0 saturated carbocycles. The third-order valence-corrected chi connectivity index (χ3v) is 4.94. The molecule has 1 unspecified atom stereocenters. The number of carboxylic acid groups (broad SMARTS) is 1. The predicted molar refractivity (Wildman–Crippen MR) is 72.7 cm³/mol. The summed E-state index contributed by atoms with van der Waals surface area (Å²) in [5.41, 5.74) is 2.15. The average molecular weight is 327 g/mol. The molecule has 0 amide bonds. The van der Waals surface area contributed by atoms with E-state index in [9.17, 15) is 4.79 Å². The molecule has 6 heteroatoms. The van der Waals surface area contributed by atoms with Crippen molar-refractivity contribution in [2.45, 2.75) is 19.4 Å². The zero-order chi connectivity index (χ0) is 12.7. The maximum absolute atomic E-state index is 11.0. The third kappa shape index (κ3) is 1.99. The van der Waals surface area contributed by atoms with E-state index in [1.54, 1.807) is 17.7 Å². The third-order valence-electron chi connectivity index (χ3n) is 3.24. The lowest BCUT2D eigenvalue weighted by Crippen LogP contribution is -2.26. The fourth-order valence-electron chi connectivity index (χ4n) is 2.31. The lowest BCUT2D eigenvalue weighted by atomic mass is 9.97. The second kappa shape index (κ2) is 4.51. The minimum absolute atomic E-state index is 0.283. The number of nitrogens with zero attached hydrogens (tertiary/aromatic N) is 2. The standard InChI is InChI=1S/C12H11BrN2O2S/c13-8-3-10(18-5-8)11-9-2-1-7(12(16)17)4-15(9)6-14-11/h3,5-7H,1-2,4H2,(H,16,17). The van der Waals surface area contributed by atoms with Gasteiger partial charge in [0.1, 0.15) is 5.69 Å². The summed E-state index contributed by atoms with van der Waals surface area (Å²) in [4.78, 5) is 16.6. The zero-order valence-electron chi connectivity index (χ0n) is 9.47. The summed E-state index contributed by atoms with van der Waals surface area (Å²) >= 11 is 5.09. The summed E-state index contributed by atoms with van der Waals surface area (Å²) in [6.45, 7) is 0.532. The van der Waals surface area contributed by atoms with Crippen molar-refractivity contribution in [2.75, 3.05) is 0 Å². The molecular formula is C12H11BrN2O2S. The van der Waals surface area contributed by atoms with Crippen LogP contribution in [0.1, 0.15) is 12.1 Å². The Balaban J connectivity index is 1.95. The lowest BCUT2D eigenvalue weighted by Gasteiger charge is -2.21. The van der Waals surface area contributed by atoms with Crippen LogP contribution in [-0.2, 0) is 17.8 Å². The van der Waals surface area contributed by atoms with Crippen LogP contribution in [0, 0.1) is 5.92 Å². The van der Waals surface area contributed by atoms with Gasteiger partial charge in [0.15, 0.2) is 0 Å². The van der Waals surface area contributed by atoms with Crippen molar-refractivity contribution in [3.63, 3.8) is 0 Å². The largest absolute Gasteiger partial charge is 0.481 e. The minimum atomic E-state index is -0.713. The Bertz CT molecular complexity index is 605. The van der Waals surface area contributed by atoms with E-state index < -0.39 is 5.97 Å². The topological polar surface area (TPSA) is 55.1 Å². The molecule has 94 valence electrons. The van der Waals surface area contributed by atoms with E-state index in [1.165, 1.54) is 0 Å². The fourth-order valence-corrected chi connectivity index (χ4v) is 3.76. The molecule has 3 heterocycles. The zero-order valence-corrected chi connectivity index (χ0v) is 11.9. The molecule has 1 atom stereocenters. The molecule has 1 N–H and O–H groups in total. The molecule has 18 heavy (non-hydrogen) atoms. The highest BCUT2D eigenvalue weighted by Gasteiger charge is 2.26. The summed E-state index contributed by atoms with van der Waals surface area (Å²) in [6.07, 6.45) is 3.23. The van der Waals surface area contributed by atoms with Crippen molar-refractivity contribution in [1.82, 2.24) is 9.55 Å². The van der Waals surface area contributed by atoms with Crippen molar-refractivity contribution >= 4 is 33.2 Å². The Hall–Kier alpha value is -1.14. The number of rotatable bonds is 2. The number of imidazole rings is 1. The number of halogens is 1. The van der Waals surface area contributed by atoms with Crippen LogP contribution >= 0.6 is 27.3 Å². The molecule has 3 rings (SSSR count). The summed E-state index contributed by atoms with van der Waals surface area (Å²) < 4.78 is 3.04. The second-order valence-corrected chi connectivity index (χ2v) is 6.22. The van der Waals surface area contributed by atoms with Crippen molar-refractivity contribution in [3.8, 4) is 10.6 Å². The molecule has 1 aliphatic heterocycles. The van der Waals surface area contributed by atoms with Gasteiger partial charge in [0.25, 0.3) is 0 Å². The molecule has 2 aromatic heterocycles. The molecule has 0 fully saturated rings. The SMILES string of the molecule is O=C(O)C1CCc2c(-c3cc(Br)cs3)ncn2C1. The Morgan fingerprint density at radius 1 is 1.61 bits per heavy atom. The van der Waals surface area contributed by atoms with Gasteiger partial charge in [0, 0.05) is 22.1 Å². The monoisotopic (exact) mass is 326 g/mol. The van der Waals surface area contributed by atoms with Gasteiger partial charge in [-0.3, -0.25) is 4.79 Å². The minimum Gasteiger partial charge on any atom is -0.481 e. The summed E-state index contributed by atoms with van der Waals surface area (Å²) in [5.74, 6) is -0.996. The summed E-state index contributed by atoms with van der Waals surface area (Å²) in [7, 11) is 0. The van der Waals surface area contributed by atoms with E-state index in [1.807, 2.05) is 9.95 Å². The van der Waals surface area contributed by atoms with Crippen LogP contribution in [-0.4, -0.2) is 20.6 Å². The number of carboxylic acids is 1. The Morgan fingerprint density at radius 3 is 3.11 bits per heavy atom. The number of aliphatic carboxylic acids is 1. The predicted octanol–water partition coefficient (Wildman–Crippen LogP) is 3.02. The van der Waals surface area contributed by atoms with Crippen molar-refractivity contribution in [1.29, 1.82) is 0 Å². The van der Waals surface area contributed by atoms with Gasteiger partial charge in [0.2, 0.25) is 0 Å². The molecule has 2 aromatic rings. The van der Waals surface area contributed by atoms with Crippen LogP contribution in [0.2, 0.25) is 0 Å². The summed E-state index contributed by atoms with van der Waals surface area (Å²) in [5, 5.41) is 11.1. The maximum atomic E-state index is 11.0. The first-order valence-corrected chi connectivity index (χ1v) is 7.33. The van der Waals surface area contributed by atoms with Crippen molar-refractivity contribution in [2.24, 2.45) is 5.92 Å². The smallest absolute Gasteiger partial charge is 0.308 e. The summed E-state index contributed by atoms with van der Waals surface area (Å²) in [6, 6.07) is 2.05. The van der Waals surface area contributed by atoms with Crippen LogP contribution in [0.25, 0.3) is 10.6 Å². The van der Waals surface area contributed by atoms with E-state index in [0.717, 1.165) is 27.2 Å². The van der Waals surface area contributed by atoms with Crippen molar-refractivity contribution < 1.29 is 9.90 Å². The van der Waals surface area contributed by atoms with E-state index in [-0.39, 0.29) is 5.92 Å². The molecule has 0 saturated heterocycles. The number of thiophene rings is 1. The van der Waals surface area contributed by atoms with Gasteiger partial charge in [-0.05, 0) is 34.8 Å². The Labute approximate surface area is 116 Å².